The van der Waals surface area contributed by atoms with Gasteiger partial charge in [-0.2, -0.15) is 10.1 Å². The zero-order valence-electron chi connectivity index (χ0n) is 11.3. The second-order valence-electron chi connectivity index (χ2n) is 4.52. The number of aromatic nitrogens is 4. The molecule has 21 heavy (non-hydrogen) atoms. The number of carboxylic acid groups (broad SMARTS) is 1. The number of anilines is 1. The first kappa shape index (κ1) is 13.1. The summed E-state index contributed by atoms with van der Waals surface area (Å²) in [6.07, 6.45) is 2.28. The molecule has 2 N–H and O–H groups in total. The summed E-state index contributed by atoms with van der Waals surface area (Å²) >= 11 is 0. The van der Waals surface area contributed by atoms with E-state index in [0.29, 0.717) is 30.1 Å². The van der Waals surface area contributed by atoms with Gasteiger partial charge >= 0.3 is 5.97 Å². The van der Waals surface area contributed by atoms with Gasteiger partial charge in [-0.1, -0.05) is 0 Å². The Bertz CT molecular complexity index is 792. The van der Waals surface area contributed by atoms with E-state index >= 15 is 0 Å². The van der Waals surface area contributed by atoms with Gasteiger partial charge in [-0.3, -0.25) is 4.68 Å². The molecule has 2 aromatic heterocycles. The third-order valence-corrected chi connectivity index (χ3v) is 2.91. The Balaban J connectivity index is 1.68. The molecule has 0 saturated carbocycles. The van der Waals surface area contributed by atoms with E-state index in [1.807, 2.05) is 7.05 Å². The zero-order valence-corrected chi connectivity index (χ0v) is 11.3. The van der Waals surface area contributed by atoms with Crippen molar-refractivity contribution >= 4 is 23.1 Å². The number of benzene rings is 1. The molecule has 0 aliphatic rings. The van der Waals surface area contributed by atoms with Gasteiger partial charge in [0.25, 0.3) is 6.01 Å². The fraction of sp³-hybridized carbons (Fsp3) is 0.231. The molecule has 2 heterocycles. The van der Waals surface area contributed by atoms with Crippen LogP contribution in [0.15, 0.2) is 28.9 Å². The number of aryl methyl sites for hydroxylation is 1. The van der Waals surface area contributed by atoms with E-state index in [1.165, 1.54) is 12.1 Å². The Hall–Kier alpha value is -2.90. The highest BCUT2D eigenvalue weighted by Crippen LogP contribution is 2.20. The minimum absolute atomic E-state index is 0.169. The standard InChI is InChI=1S/C13H13N5O3/c1-18-7-15-11(17-18)4-5-14-13-16-9-3-2-8(12(19)20)6-10(9)21-13/h2-3,6-7H,4-5H2,1H3,(H,14,16)(H,19,20). The van der Waals surface area contributed by atoms with Gasteiger partial charge in [0.05, 0.1) is 5.56 Å². The lowest BCUT2D eigenvalue weighted by atomic mass is 10.2. The van der Waals surface area contributed by atoms with Crippen molar-refractivity contribution in [3.8, 4) is 0 Å². The zero-order chi connectivity index (χ0) is 14.8. The SMILES string of the molecule is Cn1cnc(CCNc2nc3ccc(C(=O)O)cc3o2)n1. The number of oxazole rings is 1. The molecule has 0 fully saturated rings. The number of carboxylic acids is 1. The van der Waals surface area contributed by atoms with E-state index in [4.69, 9.17) is 9.52 Å². The summed E-state index contributed by atoms with van der Waals surface area (Å²) < 4.78 is 7.11. The minimum atomic E-state index is -0.996. The summed E-state index contributed by atoms with van der Waals surface area (Å²) in [7, 11) is 1.81. The molecule has 8 nitrogen and oxygen atoms in total. The number of carbonyl (C=O) groups is 1. The van der Waals surface area contributed by atoms with Gasteiger partial charge < -0.3 is 14.8 Å². The van der Waals surface area contributed by atoms with E-state index in [9.17, 15) is 4.79 Å². The van der Waals surface area contributed by atoms with Crippen LogP contribution in [0.1, 0.15) is 16.2 Å². The van der Waals surface area contributed by atoms with E-state index < -0.39 is 5.97 Å². The number of aromatic carboxylic acids is 1. The van der Waals surface area contributed by atoms with Crippen LogP contribution in [0.4, 0.5) is 6.01 Å². The third kappa shape index (κ3) is 2.83. The van der Waals surface area contributed by atoms with Crippen LogP contribution in [0, 0.1) is 0 Å². The van der Waals surface area contributed by atoms with Gasteiger partial charge in [0.2, 0.25) is 0 Å². The molecular weight excluding hydrogens is 274 g/mol. The maximum absolute atomic E-state index is 10.9. The fourth-order valence-electron chi connectivity index (χ4n) is 1.91. The lowest BCUT2D eigenvalue weighted by molar-refractivity contribution is 0.0697. The summed E-state index contributed by atoms with van der Waals surface area (Å²) in [6.45, 7) is 0.572. The first-order chi connectivity index (χ1) is 10.1. The minimum Gasteiger partial charge on any atom is -0.478 e. The molecule has 0 bridgehead atoms. The molecule has 0 radical (unpaired) electrons. The molecule has 3 aromatic rings. The maximum Gasteiger partial charge on any atom is 0.335 e. The predicted octanol–water partition coefficient (Wildman–Crippen LogP) is 1.31. The molecule has 0 unspecified atom stereocenters. The van der Waals surface area contributed by atoms with Gasteiger partial charge in [0.1, 0.15) is 11.8 Å². The molecule has 0 atom stereocenters. The van der Waals surface area contributed by atoms with Crippen molar-refractivity contribution in [3.05, 3.63) is 35.9 Å². The van der Waals surface area contributed by atoms with Crippen LogP contribution in [0.25, 0.3) is 11.1 Å². The monoisotopic (exact) mass is 287 g/mol. The average molecular weight is 287 g/mol. The molecule has 3 rings (SSSR count). The predicted molar refractivity (Wildman–Crippen MR) is 74.2 cm³/mol. The van der Waals surface area contributed by atoms with Crippen molar-refractivity contribution in [2.24, 2.45) is 7.05 Å². The highest BCUT2D eigenvalue weighted by molar-refractivity contribution is 5.92. The molecule has 0 aliphatic carbocycles. The molecule has 0 saturated heterocycles. The van der Waals surface area contributed by atoms with Crippen molar-refractivity contribution in [1.29, 1.82) is 0 Å². The topological polar surface area (TPSA) is 106 Å². The van der Waals surface area contributed by atoms with Crippen LogP contribution in [-0.4, -0.2) is 37.4 Å². The van der Waals surface area contributed by atoms with E-state index in [1.54, 1.807) is 17.1 Å². The summed E-state index contributed by atoms with van der Waals surface area (Å²) in [5.41, 5.74) is 1.22. The molecule has 8 heteroatoms. The van der Waals surface area contributed by atoms with Crippen molar-refractivity contribution < 1.29 is 14.3 Å². The third-order valence-electron chi connectivity index (χ3n) is 2.91. The van der Waals surface area contributed by atoms with E-state index in [-0.39, 0.29) is 5.56 Å². The van der Waals surface area contributed by atoms with Crippen molar-refractivity contribution in [3.63, 3.8) is 0 Å². The number of nitrogens with zero attached hydrogens (tertiary/aromatic N) is 4. The molecule has 108 valence electrons. The Morgan fingerprint density at radius 2 is 2.33 bits per heavy atom. The van der Waals surface area contributed by atoms with Crippen LogP contribution in [0.2, 0.25) is 0 Å². The van der Waals surface area contributed by atoms with Crippen LogP contribution in [0.5, 0.6) is 0 Å². The van der Waals surface area contributed by atoms with Crippen LogP contribution < -0.4 is 5.32 Å². The van der Waals surface area contributed by atoms with Crippen molar-refractivity contribution in [2.75, 3.05) is 11.9 Å². The van der Waals surface area contributed by atoms with Gasteiger partial charge in [0.15, 0.2) is 11.4 Å². The lowest BCUT2D eigenvalue weighted by Gasteiger charge is -1.97. The van der Waals surface area contributed by atoms with Gasteiger partial charge in [0, 0.05) is 20.0 Å². The number of nitrogens with one attached hydrogen (secondary N) is 1. The normalized spacial score (nSPS) is 10.9. The molecule has 1 aromatic carbocycles. The largest absolute Gasteiger partial charge is 0.478 e. The second kappa shape index (κ2) is 5.23. The van der Waals surface area contributed by atoms with E-state index in [0.717, 1.165) is 5.82 Å². The van der Waals surface area contributed by atoms with Gasteiger partial charge in [-0.15, -0.1) is 0 Å². The smallest absolute Gasteiger partial charge is 0.335 e. The number of hydrogen-bond acceptors (Lipinski definition) is 6. The van der Waals surface area contributed by atoms with Crippen LogP contribution in [0.3, 0.4) is 0 Å². The molecule has 0 aliphatic heterocycles. The summed E-state index contributed by atoms with van der Waals surface area (Å²) in [4.78, 5) is 19.2. The first-order valence-corrected chi connectivity index (χ1v) is 6.34. The number of rotatable bonds is 5. The molecule has 0 amide bonds. The Morgan fingerprint density at radius 1 is 1.48 bits per heavy atom. The lowest BCUT2D eigenvalue weighted by Crippen LogP contribution is -2.06. The number of hydrogen-bond donors (Lipinski definition) is 2. The Labute approximate surface area is 119 Å². The second-order valence-corrected chi connectivity index (χ2v) is 4.52. The van der Waals surface area contributed by atoms with Crippen LogP contribution >= 0.6 is 0 Å². The van der Waals surface area contributed by atoms with E-state index in [2.05, 4.69) is 20.4 Å². The summed E-state index contributed by atoms with van der Waals surface area (Å²) in [5, 5.41) is 16.1. The van der Waals surface area contributed by atoms with Gasteiger partial charge in [-0.05, 0) is 18.2 Å². The molecule has 0 spiro atoms. The maximum atomic E-state index is 10.9. The van der Waals surface area contributed by atoms with Crippen LogP contribution in [-0.2, 0) is 13.5 Å². The highest BCUT2D eigenvalue weighted by atomic mass is 16.4. The van der Waals surface area contributed by atoms with Crippen molar-refractivity contribution in [1.82, 2.24) is 19.7 Å². The summed E-state index contributed by atoms with van der Waals surface area (Å²) in [6, 6.07) is 4.92. The average Bonchev–Trinajstić information content (AvgIpc) is 3.03. The fourth-order valence-corrected chi connectivity index (χ4v) is 1.91. The first-order valence-electron chi connectivity index (χ1n) is 6.34. The van der Waals surface area contributed by atoms with Crippen molar-refractivity contribution in [2.45, 2.75) is 6.42 Å². The Kier molecular flexibility index (Phi) is 3.27. The molecular formula is C13H13N5O3. The van der Waals surface area contributed by atoms with Gasteiger partial charge in [-0.25, -0.2) is 9.78 Å². The highest BCUT2D eigenvalue weighted by Gasteiger charge is 2.09. The Morgan fingerprint density at radius 3 is 3.05 bits per heavy atom. The summed E-state index contributed by atoms with van der Waals surface area (Å²) in [5.74, 6) is -0.265. The number of fused-ring (bicyclic) bond motifs is 1. The quantitative estimate of drug-likeness (QED) is 0.728.